The summed E-state index contributed by atoms with van der Waals surface area (Å²) in [5.74, 6) is -0.773. The standard InChI is InChI=1S/C32H28O4S6Si/c1-7-35-31(33)18-11-17(21-13-24-29(41-21)30-25(39-24)14-26(42-30)43(4,5)6)19(32(34)36-8-2)10-16(18)20-12-23-28(40-20)27-22(38-23)9-15(3)37-27/h9-14H,7-8H2,1-6H3. The van der Waals surface area contributed by atoms with Gasteiger partial charge in [-0.15, -0.1) is 68.0 Å². The van der Waals surface area contributed by atoms with Crippen molar-refractivity contribution in [1.29, 1.82) is 0 Å². The van der Waals surface area contributed by atoms with Crippen molar-refractivity contribution in [3.63, 3.8) is 0 Å². The molecule has 11 heteroatoms. The summed E-state index contributed by atoms with van der Waals surface area (Å²) in [5.41, 5.74) is 2.36. The molecule has 220 valence electrons. The molecule has 0 atom stereocenters. The lowest BCUT2D eigenvalue weighted by Crippen LogP contribution is -2.34. The van der Waals surface area contributed by atoms with Crippen LogP contribution in [-0.2, 0) is 9.47 Å². The highest BCUT2D eigenvalue weighted by Gasteiger charge is 2.27. The molecule has 0 radical (unpaired) electrons. The van der Waals surface area contributed by atoms with Crippen LogP contribution in [0.25, 0.3) is 58.5 Å². The van der Waals surface area contributed by atoms with Gasteiger partial charge in [0.15, 0.2) is 0 Å². The summed E-state index contributed by atoms with van der Waals surface area (Å²) >= 11 is 10.6. The van der Waals surface area contributed by atoms with E-state index in [0.29, 0.717) is 22.3 Å². The Kier molecular flexibility index (Phi) is 7.44. The molecule has 1 aromatic carbocycles. The van der Waals surface area contributed by atoms with E-state index < -0.39 is 8.07 Å². The summed E-state index contributed by atoms with van der Waals surface area (Å²) in [6, 6.07) is 12.6. The first-order valence-corrected chi connectivity index (χ1v) is 22.4. The van der Waals surface area contributed by atoms with Crippen LogP contribution in [0.3, 0.4) is 0 Å². The van der Waals surface area contributed by atoms with Gasteiger partial charge in [0, 0.05) is 44.6 Å². The van der Waals surface area contributed by atoms with E-state index in [9.17, 15) is 9.59 Å². The van der Waals surface area contributed by atoms with Crippen LogP contribution in [0, 0.1) is 6.92 Å². The smallest absolute Gasteiger partial charge is 0.338 e. The number of benzene rings is 1. The molecule has 0 fully saturated rings. The number of hydrogen-bond acceptors (Lipinski definition) is 10. The maximum atomic E-state index is 13.5. The van der Waals surface area contributed by atoms with E-state index in [1.54, 1.807) is 56.7 Å². The van der Waals surface area contributed by atoms with E-state index >= 15 is 0 Å². The normalized spacial score (nSPS) is 12.3. The molecule has 6 heterocycles. The lowest BCUT2D eigenvalue weighted by Gasteiger charge is -2.14. The summed E-state index contributed by atoms with van der Waals surface area (Å²) < 4.78 is 22.7. The molecule has 43 heavy (non-hydrogen) atoms. The van der Waals surface area contributed by atoms with E-state index in [1.165, 1.54) is 47.0 Å². The molecule has 7 aromatic rings. The highest BCUT2D eigenvalue weighted by molar-refractivity contribution is 7.42. The van der Waals surface area contributed by atoms with E-state index in [0.717, 1.165) is 9.75 Å². The van der Waals surface area contributed by atoms with Gasteiger partial charge in [0.2, 0.25) is 0 Å². The quantitative estimate of drug-likeness (QED) is 0.123. The molecule has 0 saturated heterocycles. The van der Waals surface area contributed by atoms with Gasteiger partial charge in [0.25, 0.3) is 0 Å². The zero-order valence-corrected chi connectivity index (χ0v) is 30.4. The minimum atomic E-state index is -1.43. The molecule has 0 aliphatic carbocycles. The van der Waals surface area contributed by atoms with Crippen molar-refractivity contribution in [3.05, 3.63) is 52.4 Å². The Balaban J connectivity index is 1.43. The second-order valence-electron chi connectivity index (χ2n) is 11.3. The number of aryl methyl sites for hydroxylation is 1. The van der Waals surface area contributed by atoms with Gasteiger partial charge < -0.3 is 9.47 Å². The molecule has 7 rings (SSSR count). The summed E-state index contributed by atoms with van der Waals surface area (Å²) in [4.78, 5) is 30.1. The zero-order chi connectivity index (χ0) is 30.2. The van der Waals surface area contributed by atoms with Crippen LogP contribution in [0.15, 0.2) is 36.4 Å². The summed E-state index contributed by atoms with van der Waals surface area (Å²) in [6.07, 6.45) is 0. The predicted molar refractivity (Wildman–Crippen MR) is 194 cm³/mol. The third-order valence-electron chi connectivity index (χ3n) is 7.19. The monoisotopic (exact) mass is 696 g/mol. The number of carbonyl (C=O) groups is 2. The fourth-order valence-corrected chi connectivity index (χ4v) is 15.2. The second kappa shape index (κ2) is 10.9. The Hall–Kier alpha value is -2.38. The van der Waals surface area contributed by atoms with Crippen molar-refractivity contribution in [2.45, 2.75) is 40.4 Å². The fraction of sp³-hybridized carbons (Fsp3) is 0.250. The highest BCUT2D eigenvalue weighted by Crippen LogP contribution is 2.49. The molecule has 4 nitrogen and oxygen atoms in total. The van der Waals surface area contributed by atoms with Crippen molar-refractivity contribution < 1.29 is 19.1 Å². The first kappa shape index (κ1) is 29.3. The third-order valence-corrected chi connectivity index (χ3v) is 18.3. The van der Waals surface area contributed by atoms with E-state index in [1.807, 2.05) is 37.3 Å². The van der Waals surface area contributed by atoms with Gasteiger partial charge in [0.05, 0.1) is 51.2 Å². The molecule has 0 amide bonds. The summed E-state index contributed by atoms with van der Waals surface area (Å²) in [6.45, 7) is 13.4. The van der Waals surface area contributed by atoms with Gasteiger partial charge >= 0.3 is 11.9 Å². The van der Waals surface area contributed by atoms with Gasteiger partial charge in [0.1, 0.15) is 0 Å². The fourth-order valence-electron chi connectivity index (χ4n) is 5.18. The maximum Gasteiger partial charge on any atom is 0.338 e. The average Bonchev–Trinajstić information content (AvgIpc) is 3.76. The molecule has 0 unspecified atom stereocenters. The maximum absolute atomic E-state index is 13.5. The number of rotatable bonds is 7. The number of ether oxygens (including phenoxy) is 2. The van der Waals surface area contributed by atoms with Crippen LogP contribution in [0.2, 0.25) is 19.6 Å². The average molecular weight is 697 g/mol. The van der Waals surface area contributed by atoms with Crippen molar-refractivity contribution in [2.24, 2.45) is 0 Å². The van der Waals surface area contributed by atoms with Crippen LogP contribution < -0.4 is 4.50 Å². The molecule has 0 spiro atoms. The first-order valence-electron chi connectivity index (χ1n) is 14.0. The van der Waals surface area contributed by atoms with Crippen molar-refractivity contribution in [2.75, 3.05) is 13.2 Å². The number of hydrogen-bond donors (Lipinski definition) is 0. The van der Waals surface area contributed by atoms with Crippen LogP contribution in [0.5, 0.6) is 0 Å². The molecule has 0 saturated carbocycles. The highest BCUT2D eigenvalue weighted by atomic mass is 32.1. The predicted octanol–water partition coefficient (Wildman–Crippen LogP) is 11.2. The summed E-state index contributed by atoms with van der Waals surface area (Å²) in [7, 11) is -1.43. The van der Waals surface area contributed by atoms with E-state index in [4.69, 9.17) is 9.47 Å². The third kappa shape index (κ3) is 5.03. The van der Waals surface area contributed by atoms with Gasteiger partial charge in [-0.1, -0.05) is 19.6 Å². The first-order chi connectivity index (χ1) is 20.5. The number of fused-ring (bicyclic) bond motifs is 6. The minimum absolute atomic E-state index is 0.270. The topological polar surface area (TPSA) is 52.6 Å². The minimum Gasteiger partial charge on any atom is -0.462 e. The number of esters is 2. The van der Waals surface area contributed by atoms with Crippen LogP contribution in [-0.4, -0.2) is 33.2 Å². The van der Waals surface area contributed by atoms with Crippen LogP contribution in [0.4, 0.5) is 0 Å². The van der Waals surface area contributed by atoms with E-state index in [-0.39, 0.29) is 25.2 Å². The Morgan fingerprint density at radius 3 is 1.53 bits per heavy atom. The number of thiophene rings is 6. The Bertz CT molecular complexity index is 2210. The van der Waals surface area contributed by atoms with Crippen molar-refractivity contribution in [3.8, 4) is 20.9 Å². The zero-order valence-electron chi connectivity index (χ0n) is 24.5. The molecule has 0 aliphatic heterocycles. The Morgan fingerprint density at radius 2 is 1.05 bits per heavy atom. The largest absolute Gasteiger partial charge is 0.462 e. The lowest BCUT2D eigenvalue weighted by molar-refractivity contribution is 0.0513. The van der Waals surface area contributed by atoms with E-state index in [2.05, 4.69) is 50.8 Å². The molecule has 0 N–H and O–H groups in total. The number of carbonyl (C=O) groups excluding carboxylic acids is 2. The lowest BCUT2D eigenvalue weighted by atomic mass is 9.96. The molecule has 6 aromatic heterocycles. The van der Waals surface area contributed by atoms with Gasteiger partial charge in [-0.2, -0.15) is 0 Å². The molecule has 0 bridgehead atoms. The van der Waals surface area contributed by atoms with Gasteiger partial charge in [-0.05, 0) is 61.7 Å². The SMILES string of the molecule is CCOC(=O)c1cc(-c2cc3sc4cc([Si](C)(C)C)sc4c3s2)c(C(=O)OCC)cc1-c1cc2sc3cc(C)sc3c2s1. The van der Waals surface area contributed by atoms with Gasteiger partial charge in [-0.25, -0.2) is 9.59 Å². The summed E-state index contributed by atoms with van der Waals surface area (Å²) in [5, 5.41) is 0. The molecular formula is C32H28O4S6Si. The molecule has 0 aliphatic rings. The van der Waals surface area contributed by atoms with Crippen LogP contribution in [0.1, 0.15) is 39.4 Å². The van der Waals surface area contributed by atoms with Crippen LogP contribution >= 0.6 is 68.0 Å². The molecular weight excluding hydrogens is 669 g/mol. The second-order valence-corrected chi connectivity index (χ2v) is 23.3. The van der Waals surface area contributed by atoms with Crippen molar-refractivity contribution in [1.82, 2.24) is 0 Å². The van der Waals surface area contributed by atoms with Gasteiger partial charge in [-0.3, -0.25) is 0 Å². The van der Waals surface area contributed by atoms with Crippen molar-refractivity contribution >= 4 is 130 Å². The Labute approximate surface area is 274 Å². The Morgan fingerprint density at radius 1 is 0.605 bits per heavy atom.